The molecule has 1 heterocycles. The van der Waals surface area contributed by atoms with Gasteiger partial charge in [-0.1, -0.05) is 17.3 Å². The molecule has 0 radical (unpaired) electrons. The van der Waals surface area contributed by atoms with Crippen molar-refractivity contribution in [3.8, 4) is 0 Å². The summed E-state index contributed by atoms with van der Waals surface area (Å²) in [6.07, 6.45) is 5.63. The van der Waals surface area contributed by atoms with Crippen LogP contribution >= 0.6 is 0 Å². The smallest absolute Gasteiger partial charge is 0.269 e. The van der Waals surface area contributed by atoms with Crippen LogP contribution in [0.15, 0.2) is 30.5 Å². The molecule has 1 aromatic carbocycles. The van der Waals surface area contributed by atoms with Crippen molar-refractivity contribution in [3.63, 3.8) is 0 Å². The van der Waals surface area contributed by atoms with Crippen LogP contribution in [0.25, 0.3) is 0 Å². The molecule has 0 bridgehead atoms. The number of nitro benzene ring substituents is 1. The van der Waals surface area contributed by atoms with Gasteiger partial charge >= 0.3 is 0 Å². The van der Waals surface area contributed by atoms with Crippen molar-refractivity contribution >= 4 is 5.69 Å². The minimum Gasteiger partial charge on any atom is -0.330 e. The Morgan fingerprint density at radius 1 is 1.19 bits per heavy atom. The largest absolute Gasteiger partial charge is 0.330 e. The number of nitrogens with zero attached hydrogens (tertiary/aromatic N) is 4. The van der Waals surface area contributed by atoms with Crippen LogP contribution in [0.4, 0.5) is 5.69 Å². The highest BCUT2D eigenvalue weighted by molar-refractivity contribution is 5.32. The highest BCUT2D eigenvalue weighted by Crippen LogP contribution is 2.12. The van der Waals surface area contributed by atoms with Crippen molar-refractivity contribution in [2.45, 2.75) is 32.2 Å². The van der Waals surface area contributed by atoms with Crippen molar-refractivity contribution < 1.29 is 4.92 Å². The van der Waals surface area contributed by atoms with Gasteiger partial charge in [0.25, 0.3) is 5.69 Å². The number of hydrogen-bond acceptors (Lipinski definition) is 5. The molecule has 2 N–H and O–H groups in total. The van der Waals surface area contributed by atoms with E-state index < -0.39 is 4.92 Å². The van der Waals surface area contributed by atoms with Crippen LogP contribution in [0.5, 0.6) is 0 Å². The number of aryl methyl sites for hydroxylation is 3. The third-order valence-corrected chi connectivity index (χ3v) is 3.25. The fraction of sp³-hybridized carbons (Fsp3) is 0.429. The predicted molar refractivity (Wildman–Crippen MR) is 78.8 cm³/mol. The van der Waals surface area contributed by atoms with E-state index in [9.17, 15) is 10.1 Å². The summed E-state index contributed by atoms with van der Waals surface area (Å²) >= 11 is 0. The summed E-state index contributed by atoms with van der Waals surface area (Å²) in [7, 11) is 0. The molecular weight excluding hydrogens is 270 g/mol. The SMILES string of the molecule is NCCCCc1cn(CCc2ccc([N+](=O)[O-])cc2)nn1. The van der Waals surface area contributed by atoms with Gasteiger partial charge in [-0.05, 0) is 37.8 Å². The standard InChI is InChI=1S/C14H19N5O2/c15-9-2-1-3-13-11-18(17-16-13)10-8-12-4-6-14(7-5-12)19(20)21/h4-7,11H,1-3,8-10,15H2. The molecule has 0 saturated heterocycles. The molecule has 112 valence electrons. The molecule has 0 aliphatic heterocycles. The number of nitrogens with two attached hydrogens (primary N) is 1. The van der Waals surface area contributed by atoms with Crippen LogP contribution in [-0.4, -0.2) is 26.5 Å². The molecule has 0 atom stereocenters. The quantitative estimate of drug-likeness (QED) is 0.453. The van der Waals surface area contributed by atoms with Crippen molar-refractivity contribution in [1.82, 2.24) is 15.0 Å². The van der Waals surface area contributed by atoms with Gasteiger partial charge in [0.05, 0.1) is 10.6 Å². The van der Waals surface area contributed by atoms with Gasteiger partial charge in [0, 0.05) is 24.9 Å². The van der Waals surface area contributed by atoms with Crippen LogP contribution in [-0.2, 0) is 19.4 Å². The average molecular weight is 289 g/mol. The fourth-order valence-electron chi connectivity index (χ4n) is 2.04. The summed E-state index contributed by atoms with van der Waals surface area (Å²) in [5, 5.41) is 18.8. The lowest BCUT2D eigenvalue weighted by atomic mass is 10.1. The number of aromatic nitrogens is 3. The average Bonchev–Trinajstić information content (AvgIpc) is 2.94. The molecule has 0 aliphatic carbocycles. The monoisotopic (exact) mass is 289 g/mol. The van der Waals surface area contributed by atoms with E-state index in [0.29, 0.717) is 13.1 Å². The lowest BCUT2D eigenvalue weighted by molar-refractivity contribution is -0.384. The van der Waals surface area contributed by atoms with Crippen molar-refractivity contribution in [2.75, 3.05) is 6.54 Å². The van der Waals surface area contributed by atoms with Crippen molar-refractivity contribution in [2.24, 2.45) is 5.73 Å². The zero-order valence-electron chi connectivity index (χ0n) is 11.8. The Kier molecular flexibility index (Phi) is 5.39. The number of nitro groups is 1. The molecule has 2 rings (SSSR count). The van der Waals surface area contributed by atoms with E-state index in [-0.39, 0.29) is 5.69 Å². The molecule has 0 aliphatic rings. The summed E-state index contributed by atoms with van der Waals surface area (Å²) in [4.78, 5) is 10.2. The molecular formula is C14H19N5O2. The Labute approximate surface area is 122 Å². The van der Waals surface area contributed by atoms with E-state index in [1.54, 1.807) is 16.8 Å². The van der Waals surface area contributed by atoms with Crippen LogP contribution < -0.4 is 5.73 Å². The van der Waals surface area contributed by atoms with Gasteiger partial charge in [0.15, 0.2) is 0 Å². The van der Waals surface area contributed by atoms with E-state index in [1.807, 2.05) is 6.20 Å². The Hall–Kier alpha value is -2.28. The lowest BCUT2D eigenvalue weighted by Crippen LogP contribution is -2.02. The number of benzene rings is 1. The molecule has 21 heavy (non-hydrogen) atoms. The van der Waals surface area contributed by atoms with Gasteiger partial charge < -0.3 is 5.73 Å². The molecule has 7 heteroatoms. The van der Waals surface area contributed by atoms with Gasteiger partial charge in [0.1, 0.15) is 0 Å². The van der Waals surface area contributed by atoms with Gasteiger partial charge in [0.2, 0.25) is 0 Å². The maximum absolute atomic E-state index is 10.6. The number of unbranched alkanes of at least 4 members (excludes halogenated alkanes) is 1. The molecule has 0 spiro atoms. The highest BCUT2D eigenvalue weighted by atomic mass is 16.6. The number of hydrogen-bond donors (Lipinski definition) is 1. The Morgan fingerprint density at radius 2 is 1.95 bits per heavy atom. The minimum atomic E-state index is -0.394. The van der Waals surface area contributed by atoms with Gasteiger partial charge in [-0.2, -0.15) is 0 Å². The summed E-state index contributed by atoms with van der Waals surface area (Å²) in [6, 6.07) is 6.60. The van der Waals surface area contributed by atoms with E-state index in [1.165, 1.54) is 12.1 Å². The second-order valence-electron chi connectivity index (χ2n) is 4.89. The van der Waals surface area contributed by atoms with Crippen molar-refractivity contribution in [1.29, 1.82) is 0 Å². The zero-order chi connectivity index (χ0) is 15.1. The first-order valence-corrected chi connectivity index (χ1v) is 7.01. The maximum Gasteiger partial charge on any atom is 0.269 e. The normalized spacial score (nSPS) is 10.7. The molecule has 0 unspecified atom stereocenters. The van der Waals surface area contributed by atoms with Gasteiger partial charge in [-0.25, -0.2) is 0 Å². The van der Waals surface area contributed by atoms with Gasteiger partial charge in [-0.15, -0.1) is 5.10 Å². The molecule has 7 nitrogen and oxygen atoms in total. The Morgan fingerprint density at radius 3 is 2.62 bits per heavy atom. The first kappa shape index (κ1) is 15.1. The van der Waals surface area contributed by atoms with E-state index in [2.05, 4.69) is 10.3 Å². The summed E-state index contributed by atoms with van der Waals surface area (Å²) < 4.78 is 1.80. The maximum atomic E-state index is 10.6. The predicted octanol–water partition coefficient (Wildman–Crippen LogP) is 1.71. The third kappa shape index (κ3) is 4.64. The van der Waals surface area contributed by atoms with Crippen LogP contribution in [0, 0.1) is 10.1 Å². The molecule has 0 saturated carbocycles. The summed E-state index contributed by atoms with van der Waals surface area (Å²) in [5.41, 5.74) is 7.59. The first-order valence-electron chi connectivity index (χ1n) is 7.01. The highest BCUT2D eigenvalue weighted by Gasteiger charge is 2.05. The molecule has 1 aromatic heterocycles. The molecule has 0 amide bonds. The fourth-order valence-corrected chi connectivity index (χ4v) is 2.04. The van der Waals surface area contributed by atoms with E-state index in [4.69, 9.17) is 5.73 Å². The van der Waals surface area contributed by atoms with Crippen LogP contribution in [0.3, 0.4) is 0 Å². The summed E-state index contributed by atoms with van der Waals surface area (Å²) in [5.74, 6) is 0. The Bertz CT molecular complexity index is 579. The molecule has 2 aromatic rings. The van der Waals surface area contributed by atoms with Crippen LogP contribution in [0.2, 0.25) is 0 Å². The second kappa shape index (κ2) is 7.49. The zero-order valence-corrected chi connectivity index (χ0v) is 11.8. The Balaban J connectivity index is 1.83. The van der Waals surface area contributed by atoms with E-state index >= 15 is 0 Å². The second-order valence-corrected chi connectivity index (χ2v) is 4.89. The number of non-ortho nitro benzene ring substituents is 1. The van der Waals surface area contributed by atoms with E-state index in [0.717, 1.165) is 36.9 Å². The van der Waals surface area contributed by atoms with Crippen molar-refractivity contribution in [3.05, 3.63) is 51.8 Å². The number of rotatable bonds is 8. The lowest BCUT2D eigenvalue weighted by Gasteiger charge is -2.01. The van der Waals surface area contributed by atoms with Gasteiger partial charge in [-0.3, -0.25) is 14.8 Å². The van der Waals surface area contributed by atoms with Crippen LogP contribution in [0.1, 0.15) is 24.1 Å². The first-order chi connectivity index (χ1) is 10.2. The minimum absolute atomic E-state index is 0.113. The third-order valence-electron chi connectivity index (χ3n) is 3.25. The topological polar surface area (TPSA) is 99.9 Å². The molecule has 0 fully saturated rings. The summed E-state index contributed by atoms with van der Waals surface area (Å²) in [6.45, 7) is 1.41.